The third kappa shape index (κ3) is 4.13. The third-order valence-electron chi connectivity index (χ3n) is 5.43. The van der Waals surface area contributed by atoms with Crippen LogP contribution in [-0.4, -0.2) is 23.0 Å². The summed E-state index contributed by atoms with van der Waals surface area (Å²) in [5, 5.41) is 4.81. The van der Waals surface area contributed by atoms with Crippen molar-refractivity contribution in [1.82, 2.24) is 4.98 Å². The number of carbonyl (C=O) groups excluding carboxylic acids is 2. The first-order valence-corrected chi connectivity index (χ1v) is 11.5. The average Bonchev–Trinajstić information content (AvgIpc) is 3.28. The van der Waals surface area contributed by atoms with Gasteiger partial charge in [-0.05, 0) is 42.6 Å². The fourth-order valence-corrected chi connectivity index (χ4v) is 4.75. The van der Waals surface area contributed by atoms with Crippen molar-refractivity contribution in [3.8, 4) is 10.6 Å². The molecular formula is C27H19FN2O3S. The Kier molecular flexibility index (Phi) is 5.77. The van der Waals surface area contributed by atoms with Gasteiger partial charge in [0.05, 0.1) is 21.5 Å². The number of thiazole rings is 1. The molecule has 1 amide bonds. The summed E-state index contributed by atoms with van der Waals surface area (Å²) in [6.07, 6.45) is -1.13. The van der Waals surface area contributed by atoms with Crippen molar-refractivity contribution >= 4 is 49.9 Å². The summed E-state index contributed by atoms with van der Waals surface area (Å²) >= 11 is 1.54. The van der Waals surface area contributed by atoms with E-state index in [1.54, 1.807) is 29.5 Å². The predicted octanol–water partition coefficient (Wildman–Crippen LogP) is 6.44. The second kappa shape index (κ2) is 9.03. The van der Waals surface area contributed by atoms with Gasteiger partial charge in [0.2, 0.25) is 0 Å². The normalized spacial score (nSPS) is 11.9. The summed E-state index contributed by atoms with van der Waals surface area (Å²) < 4.78 is 20.4. The largest absolute Gasteiger partial charge is 0.449 e. The van der Waals surface area contributed by atoms with Crippen LogP contribution in [0, 0.1) is 5.82 Å². The lowest BCUT2D eigenvalue weighted by atomic mass is 9.99. The predicted molar refractivity (Wildman–Crippen MR) is 132 cm³/mol. The van der Waals surface area contributed by atoms with Gasteiger partial charge >= 0.3 is 5.97 Å². The Balaban J connectivity index is 1.47. The number of hydrogen-bond donors (Lipinski definition) is 1. The van der Waals surface area contributed by atoms with Crippen molar-refractivity contribution < 1.29 is 18.7 Å². The van der Waals surface area contributed by atoms with Crippen molar-refractivity contribution in [3.05, 3.63) is 96.3 Å². The molecule has 0 aliphatic heterocycles. The minimum Gasteiger partial charge on any atom is -0.449 e. The van der Waals surface area contributed by atoms with E-state index in [1.807, 2.05) is 48.5 Å². The van der Waals surface area contributed by atoms with Gasteiger partial charge < -0.3 is 10.1 Å². The van der Waals surface area contributed by atoms with E-state index >= 15 is 0 Å². The second-order valence-corrected chi connectivity index (χ2v) is 8.74. The molecule has 7 heteroatoms. The Labute approximate surface area is 198 Å². The first-order chi connectivity index (χ1) is 16.5. The van der Waals surface area contributed by atoms with E-state index in [0.29, 0.717) is 10.9 Å². The number of benzene rings is 4. The van der Waals surface area contributed by atoms with Crippen molar-refractivity contribution in [2.24, 2.45) is 0 Å². The molecule has 1 N–H and O–H groups in total. The molecule has 0 aliphatic carbocycles. The second-order valence-electron chi connectivity index (χ2n) is 7.71. The van der Waals surface area contributed by atoms with Gasteiger partial charge in [0.15, 0.2) is 6.10 Å². The molecule has 0 saturated heterocycles. The molecule has 5 aromatic rings. The fourth-order valence-electron chi connectivity index (χ4n) is 3.75. The Bertz CT molecular complexity index is 1510. The van der Waals surface area contributed by atoms with E-state index < -0.39 is 23.8 Å². The number of ether oxygens (including phenoxy) is 1. The number of halogens is 1. The molecular weight excluding hydrogens is 451 g/mol. The van der Waals surface area contributed by atoms with E-state index in [0.717, 1.165) is 26.2 Å². The van der Waals surface area contributed by atoms with Crippen LogP contribution in [-0.2, 0) is 9.53 Å². The number of rotatable bonds is 5. The first-order valence-electron chi connectivity index (χ1n) is 10.7. The molecule has 168 valence electrons. The van der Waals surface area contributed by atoms with E-state index in [9.17, 15) is 14.0 Å². The maximum Gasteiger partial charge on any atom is 0.339 e. The average molecular weight is 471 g/mol. The number of nitrogens with one attached hydrogen (secondary N) is 1. The molecule has 0 fully saturated rings. The molecule has 1 unspecified atom stereocenters. The molecule has 0 bridgehead atoms. The lowest BCUT2D eigenvalue weighted by Crippen LogP contribution is -2.30. The van der Waals surface area contributed by atoms with Crippen molar-refractivity contribution in [3.63, 3.8) is 0 Å². The Morgan fingerprint density at radius 2 is 1.68 bits per heavy atom. The van der Waals surface area contributed by atoms with Gasteiger partial charge in [-0.1, -0.05) is 54.6 Å². The van der Waals surface area contributed by atoms with Gasteiger partial charge in [0, 0.05) is 10.9 Å². The zero-order chi connectivity index (χ0) is 23.7. The van der Waals surface area contributed by atoms with Crippen LogP contribution >= 0.6 is 11.3 Å². The molecule has 5 nitrogen and oxygen atoms in total. The summed E-state index contributed by atoms with van der Waals surface area (Å²) in [4.78, 5) is 30.4. The molecule has 34 heavy (non-hydrogen) atoms. The maximum atomic E-state index is 13.9. The summed E-state index contributed by atoms with van der Waals surface area (Å²) in [6.45, 7) is 1.45. The third-order valence-corrected chi connectivity index (χ3v) is 6.50. The van der Waals surface area contributed by atoms with Gasteiger partial charge in [-0.2, -0.15) is 0 Å². The molecule has 1 atom stereocenters. The number of carbonyl (C=O) groups is 2. The van der Waals surface area contributed by atoms with Crippen LogP contribution < -0.4 is 5.32 Å². The first kappa shape index (κ1) is 21.7. The Morgan fingerprint density at radius 1 is 0.941 bits per heavy atom. The quantitative estimate of drug-likeness (QED) is 0.300. The molecule has 4 aromatic carbocycles. The SMILES string of the molecule is CC(OC(=O)c1cccc2cccc(-c3nc4ccccc4s3)c12)C(=O)Nc1ccccc1F. The highest BCUT2D eigenvalue weighted by atomic mass is 32.1. The van der Waals surface area contributed by atoms with Crippen LogP contribution in [0.4, 0.5) is 10.1 Å². The summed E-state index contributed by atoms with van der Waals surface area (Å²) in [5.41, 5.74) is 2.06. The molecule has 1 aromatic heterocycles. The molecule has 1 heterocycles. The van der Waals surface area contributed by atoms with Gasteiger partial charge in [0.1, 0.15) is 10.8 Å². The highest BCUT2D eigenvalue weighted by Crippen LogP contribution is 2.36. The molecule has 0 aliphatic rings. The maximum absolute atomic E-state index is 13.9. The topological polar surface area (TPSA) is 68.3 Å². The Morgan fingerprint density at radius 3 is 2.47 bits per heavy atom. The molecule has 0 radical (unpaired) electrons. The summed E-state index contributed by atoms with van der Waals surface area (Å²) in [5.74, 6) is -1.83. The smallest absolute Gasteiger partial charge is 0.339 e. The number of esters is 1. The number of aromatic nitrogens is 1. The van der Waals surface area contributed by atoms with E-state index in [-0.39, 0.29) is 5.69 Å². The Hall–Kier alpha value is -4.10. The highest BCUT2D eigenvalue weighted by Gasteiger charge is 2.23. The lowest BCUT2D eigenvalue weighted by molar-refractivity contribution is -0.123. The standard InChI is InChI=1S/C27H19FN2O3S/c1-16(25(31)29-21-13-3-2-12-20(21)28)33-27(32)19-11-7-9-17-8-6-10-18(24(17)19)26-30-22-14-4-5-15-23(22)34-26/h2-16H,1H3,(H,29,31). The zero-order valence-electron chi connectivity index (χ0n) is 18.1. The van der Waals surface area contributed by atoms with Crippen LogP contribution in [0.15, 0.2) is 84.9 Å². The molecule has 0 saturated carbocycles. The number of anilines is 1. The minimum atomic E-state index is -1.13. The molecule has 5 rings (SSSR count). The van der Waals surface area contributed by atoms with E-state index in [4.69, 9.17) is 9.72 Å². The lowest BCUT2D eigenvalue weighted by Gasteiger charge is -2.15. The van der Waals surface area contributed by atoms with Gasteiger partial charge in [-0.3, -0.25) is 4.79 Å². The van der Waals surface area contributed by atoms with Crippen LogP contribution in [0.5, 0.6) is 0 Å². The van der Waals surface area contributed by atoms with Gasteiger partial charge in [-0.15, -0.1) is 11.3 Å². The number of fused-ring (bicyclic) bond motifs is 2. The molecule has 0 spiro atoms. The number of para-hydroxylation sites is 2. The highest BCUT2D eigenvalue weighted by molar-refractivity contribution is 7.21. The van der Waals surface area contributed by atoms with E-state index in [1.165, 1.54) is 25.1 Å². The zero-order valence-corrected chi connectivity index (χ0v) is 18.9. The summed E-state index contributed by atoms with van der Waals surface area (Å²) in [7, 11) is 0. The number of nitrogens with zero attached hydrogens (tertiary/aromatic N) is 1. The van der Waals surface area contributed by atoms with Crippen LogP contribution in [0.2, 0.25) is 0 Å². The van der Waals surface area contributed by atoms with Gasteiger partial charge in [0.25, 0.3) is 5.91 Å². The van der Waals surface area contributed by atoms with Crippen LogP contribution in [0.3, 0.4) is 0 Å². The van der Waals surface area contributed by atoms with Crippen LogP contribution in [0.25, 0.3) is 31.6 Å². The van der Waals surface area contributed by atoms with E-state index in [2.05, 4.69) is 5.32 Å². The fraction of sp³-hybridized carbons (Fsp3) is 0.0741. The number of amides is 1. The van der Waals surface area contributed by atoms with Crippen LogP contribution in [0.1, 0.15) is 17.3 Å². The number of hydrogen-bond acceptors (Lipinski definition) is 5. The van der Waals surface area contributed by atoms with Crippen molar-refractivity contribution in [2.75, 3.05) is 5.32 Å². The minimum absolute atomic E-state index is 0.0266. The summed E-state index contributed by atoms with van der Waals surface area (Å²) in [6, 6.07) is 24.8. The monoisotopic (exact) mass is 470 g/mol. The van der Waals surface area contributed by atoms with Crippen molar-refractivity contribution in [2.45, 2.75) is 13.0 Å². The van der Waals surface area contributed by atoms with Gasteiger partial charge in [-0.25, -0.2) is 14.2 Å². The van der Waals surface area contributed by atoms with Crippen molar-refractivity contribution in [1.29, 1.82) is 0 Å².